The Bertz CT molecular complexity index is 1010. The zero-order valence-corrected chi connectivity index (χ0v) is 14.1. The molecule has 0 atom stereocenters. The maximum Gasteiger partial charge on any atom is 0.213 e. The van der Waals surface area contributed by atoms with E-state index in [9.17, 15) is 0 Å². The van der Waals surface area contributed by atoms with E-state index in [0.717, 1.165) is 28.3 Å². The molecule has 4 aromatic rings. The van der Waals surface area contributed by atoms with E-state index >= 15 is 0 Å². The Morgan fingerprint density at radius 1 is 1.12 bits per heavy atom. The zero-order valence-electron chi connectivity index (χ0n) is 14.1. The van der Waals surface area contributed by atoms with Crippen LogP contribution in [-0.2, 0) is 13.1 Å². The fourth-order valence-corrected chi connectivity index (χ4v) is 2.79. The Balaban J connectivity index is 1.68. The van der Waals surface area contributed by atoms with Crippen molar-refractivity contribution >= 4 is 16.9 Å². The van der Waals surface area contributed by atoms with Gasteiger partial charge in [0.15, 0.2) is 5.82 Å². The number of pyridine rings is 1. The van der Waals surface area contributed by atoms with Crippen molar-refractivity contribution in [3.05, 3.63) is 66.0 Å². The van der Waals surface area contributed by atoms with Crippen molar-refractivity contribution in [1.82, 2.24) is 24.5 Å². The van der Waals surface area contributed by atoms with Crippen LogP contribution in [0.1, 0.15) is 23.2 Å². The SMILES string of the molecule is Cc1nc(NCc2ncc(C)o2)c2c(ccn2Cc2ccccn2)n1. The Labute approximate surface area is 144 Å². The molecule has 0 aliphatic carbocycles. The molecule has 0 amide bonds. The molecule has 0 fully saturated rings. The molecule has 0 saturated carbocycles. The summed E-state index contributed by atoms with van der Waals surface area (Å²) in [6, 6.07) is 7.89. The summed E-state index contributed by atoms with van der Waals surface area (Å²) in [6.45, 7) is 4.88. The van der Waals surface area contributed by atoms with Gasteiger partial charge < -0.3 is 14.3 Å². The summed E-state index contributed by atoms with van der Waals surface area (Å²) >= 11 is 0. The molecule has 0 radical (unpaired) electrons. The van der Waals surface area contributed by atoms with Crippen LogP contribution in [0.15, 0.2) is 47.3 Å². The van der Waals surface area contributed by atoms with Crippen molar-refractivity contribution in [2.45, 2.75) is 26.9 Å². The first-order valence-corrected chi connectivity index (χ1v) is 8.07. The van der Waals surface area contributed by atoms with Gasteiger partial charge in [-0.3, -0.25) is 4.98 Å². The lowest BCUT2D eigenvalue weighted by atomic mass is 10.3. The predicted octanol–water partition coefficient (Wildman–Crippen LogP) is 3.09. The van der Waals surface area contributed by atoms with E-state index in [2.05, 4.69) is 29.8 Å². The first-order valence-electron chi connectivity index (χ1n) is 8.07. The van der Waals surface area contributed by atoms with E-state index < -0.39 is 0 Å². The van der Waals surface area contributed by atoms with Crippen LogP contribution in [0.4, 0.5) is 5.82 Å². The van der Waals surface area contributed by atoms with Gasteiger partial charge >= 0.3 is 0 Å². The van der Waals surface area contributed by atoms with Crippen molar-refractivity contribution in [3.8, 4) is 0 Å². The van der Waals surface area contributed by atoms with Gasteiger partial charge in [0.05, 0.1) is 30.5 Å². The van der Waals surface area contributed by atoms with Gasteiger partial charge in [0.1, 0.15) is 17.1 Å². The van der Waals surface area contributed by atoms with Crippen LogP contribution in [0.5, 0.6) is 0 Å². The number of aromatic nitrogens is 5. The van der Waals surface area contributed by atoms with E-state index in [1.807, 2.05) is 44.3 Å². The molecule has 0 spiro atoms. The molecule has 0 bridgehead atoms. The quantitative estimate of drug-likeness (QED) is 0.604. The molecule has 0 saturated heterocycles. The summed E-state index contributed by atoms with van der Waals surface area (Å²) < 4.78 is 7.62. The molecule has 25 heavy (non-hydrogen) atoms. The number of nitrogens with one attached hydrogen (secondary N) is 1. The van der Waals surface area contributed by atoms with Crippen LogP contribution in [0, 0.1) is 13.8 Å². The lowest BCUT2D eigenvalue weighted by molar-refractivity contribution is 0.479. The highest BCUT2D eigenvalue weighted by atomic mass is 16.4. The number of fused-ring (bicyclic) bond motifs is 1. The van der Waals surface area contributed by atoms with Gasteiger partial charge in [-0.15, -0.1) is 0 Å². The number of anilines is 1. The van der Waals surface area contributed by atoms with Crippen LogP contribution in [0.25, 0.3) is 11.0 Å². The van der Waals surface area contributed by atoms with Gasteiger partial charge in [-0.2, -0.15) is 0 Å². The average Bonchev–Trinajstić information content (AvgIpc) is 3.20. The second kappa shape index (κ2) is 6.35. The number of oxazole rings is 1. The standard InChI is InChI=1S/C18H18N6O/c1-12-9-20-16(25-12)10-21-18-17-15(22-13(2)23-18)6-8-24(17)11-14-5-3-4-7-19-14/h3-9H,10-11H2,1-2H3,(H,21,22,23). The molecule has 7 nitrogen and oxygen atoms in total. The van der Waals surface area contributed by atoms with Gasteiger partial charge in [-0.1, -0.05) is 6.07 Å². The third-order valence-corrected chi connectivity index (χ3v) is 3.86. The molecule has 0 aliphatic heterocycles. The maximum absolute atomic E-state index is 5.52. The highest BCUT2D eigenvalue weighted by Crippen LogP contribution is 2.23. The predicted molar refractivity (Wildman–Crippen MR) is 94.2 cm³/mol. The second-order valence-electron chi connectivity index (χ2n) is 5.84. The third kappa shape index (κ3) is 3.21. The lowest BCUT2D eigenvalue weighted by Crippen LogP contribution is -2.08. The van der Waals surface area contributed by atoms with Gasteiger partial charge in [0, 0.05) is 12.4 Å². The summed E-state index contributed by atoms with van der Waals surface area (Å²) in [7, 11) is 0. The zero-order chi connectivity index (χ0) is 17.2. The average molecular weight is 334 g/mol. The van der Waals surface area contributed by atoms with E-state index in [1.165, 1.54) is 0 Å². The minimum absolute atomic E-state index is 0.466. The Hall–Kier alpha value is -3.22. The van der Waals surface area contributed by atoms with E-state index in [1.54, 1.807) is 12.4 Å². The summed E-state index contributed by atoms with van der Waals surface area (Å²) in [5.74, 6) is 2.90. The number of rotatable bonds is 5. The molecular weight excluding hydrogens is 316 g/mol. The molecule has 4 aromatic heterocycles. The normalized spacial score (nSPS) is 11.1. The first-order chi connectivity index (χ1) is 12.2. The molecule has 7 heteroatoms. The summed E-state index contributed by atoms with van der Waals surface area (Å²) in [6.07, 6.45) is 5.52. The fraction of sp³-hybridized carbons (Fsp3) is 0.222. The minimum Gasteiger partial charge on any atom is -0.444 e. The van der Waals surface area contributed by atoms with Crippen LogP contribution in [0.2, 0.25) is 0 Å². The molecule has 0 aromatic carbocycles. The fourth-order valence-electron chi connectivity index (χ4n) is 2.79. The molecule has 126 valence electrons. The van der Waals surface area contributed by atoms with E-state index in [4.69, 9.17) is 4.42 Å². The van der Waals surface area contributed by atoms with Crippen LogP contribution >= 0.6 is 0 Å². The van der Waals surface area contributed by atoms with Crippen LogP contribution in [0.3, 0.4) is 0 Å². The Kier molecular flexibility index (Phi) is 3.89. The minimum atomic E-state index is 0.466. The summed E-state index contributed by atoms with van der Waals surface area (Å²) in [5.41, 5.74) is 2.82. The number of hydrogen-bond donors (Lipinski definition) is 1. The van der Waals surface area contributed by atoms with Crippen LogP contribution in [-0.4, -0.2) is 24.5 Å². The number of hydrogen-bond acceptors (Lipinski definition) is 6. The number of aryl methyl sites for hydroxylation is 2. The molecule has 1 N–H and O–H groups in total. The van der Waals surface area contributed by atoms with Gasteiger partial charge in [0.2, 0.25) is 5.89 Å². The van der Waals surface area contributed by atoms with Crippen molar-refractivity contribution < 1.29 is 4.42 Å². The summed E-state index contributed by atoms with van der Waals surface area (Å²) in [5, 5.41) is 3.32. The number of nitrogens with zero attached hydrogens (tertiary/aromatic N) is 5. The van der Waals surface area contributed by atoms with Gasteiger partial charge in [0.25, 0.3) is 0 Å². The molecule has 4 heterocycles. The van der Waals surface area contributed by atoms with E-state index in [0.29, 0.717) is 24.8 Å². The topological polar surface area (TPSA) is 81.7 Å². The Morgan fingerprint density at radius 2 is 2.04 bits per heavy atom. The first kappa shape index (κ1) is 15.3. The monoisotopic (exact) mass is 334 g/mol. The van der Waals surface area contributed by atoms with Crippen molar-refractivity contribution in [1.29, 1.82) is 0 Å². The van der Waals surface area contributed by atoms with Crippen molar-refractivity contribution in [3.63, 3.8) is 0 Å². The highest BCUT2D eigenvalue weighted by Gasteiger charge is 2.12. The molecule has 0 aliphatic rings. The second-order valence-corrected chi connectivity index (χ2v) is 5.84. The largest absolute Gasteiger partial charge is 0.444 e. The van der Waals surface area contributed by atoms with Crippen molar-refractivity contribution in [2.24, 2.45) is 0 Å². The van der Waals surface area contributed by atoms with Crippen LogP contribution < -0.4 is 5.32 Å². The summed E-state index contributed by atoms with van der Waals surface area (Å²) in [4.78, 5) is 17.7. The lowest BCUT2D eigenvalue weighted by Gasteiger charge is -2.10. The highest BCUT2D eigenvalue weighted by molar-refractivity contribution is 5.86. The van der Waals surface area contributed by atoms with Crippen molar-refractivity contribution in [2.75, 3.05) is 5.32 Å². The maximum atomic E-state index is 5.52. The smallest absolute Gasteiger partial charge is 0.213 e. The van der Waals surface area contributed by atoms with E-state index in [-0.39, 0.29) is 0 Å². The third-order valence-electron chi connectivity index (χ3n) is 3.86. The molecule has 4 rings (SSSR count). The Morgan fingerprint density at radius 3 is 2.80 bits per heavy atom. The van der Waals surface area contributed by atoms with Gasteiger partial charge in [-0.05, 0) is 32.0 Å². The van der Waals surface area contributed by atoms with Gasteiger partial charge in [-0.25, -0.2) is 15.0 Å². The molecular formula is C18H18N6O. The molecule has 0 unspecified atom stereocenters.